The number of piperidine rings is 1. The monoisotopic (exact) mass is 554 g/mol. The molecule has 2 aromatic heterocycles. The van der Waals surface area contributed by atoms with Gasteiger partial charge in [0.15, 0.2) is 16.6 Å². The zero-order valence-corrected chi connectivity index (χ0v) is 22.4. The molecule has 2 aromatic rings. The number of hydrogen-bond donors (Lipinski definition) is 0. The number of halogens is 3. The second kappa shape index (κ2) is 12.4. The van der Waals surface area contributed by atoms with Crippen molar-refractivity contribution in [2.45, 2.75) is 75.0 Å². The highest BCUT2D eigenvalue weighted by Gasteiger charge is 2.35. The molecule has 0 N–H and O–H groups in total. The van der Waals surface area contributed by atoms with Crippen LogP contribution in [0.25, 0.3) is 0 Å². The quantitative estimate of drug-likeness (QED) is 0.238. The third-order valence-electron chi connectivity index (χ3n) is 7.01. The van der Waals surface area contributed by atoms with E-state index in [-0.39, 0.29) is 59.5 Å². The van der Waals surface area contributed by atoms with Gasteiger partial charge in [-0.1, -0.05) is 31.0 Å². The lowest BCUT2D eigenvalue weighted by atomic mass is 9.94. The Morgan fingerprint density at radius 3 is 2.63 bits per heavy atom. The lowest BCUT2D eigenvalue weighted by molar-refractivity contribution is -0.149. The minimum Gasteiger partial charge on any atom is -0.466 e. The molecule has 208 valence electrons. The molecule has 1 atom stereocenters. The predicted molar refractivity (Wildman–Crippen MR) is 136 cm³/mol. The zero-order valence-electron chi connectivity index (χ0n) is 21.6. The highest BCUT2D eigenvalue weighted by Crippen LogP contribution is 2.34. The fourth-order valence-corrected chi connectivity index (χ4v) is 5.68. The maximum atomic E-state index is 13.6. The van der Waals surface area contributed by atoms with Crippen molar-refractivity contribution in [3.63, 3.8) is 0 Å². The number of carbonyl (C=O) groups is 2. The van der Waals surface area contributed by atoms with Gasteiger partial charge >= 0.3 is 12.1 Å². The van der Waals surface area contributed by atoms with Crippen LogP contribution in [0.15, 0.2) is 27.8 Å². The van der Waals surface area contributed by atoms with Crippen molar-refractivity contribution < 1.29 is 31.9 Å². The summed E-state index contributed by atoms with van der Waals surface area (Å²) in [6.07, 6.45) is 1.83. The van der Waals surface area contributed by atoms with Crippen LogP contribution in [-0.2, 0) is 21.5 Å². The van der Waals surface area contributed by atoms with Gasteiger partial charge in [-0.2, -0.15) is 13.2 Å². The molecule has 12 heteroatoms. The summed E-state index contributed by atoms with van der Waals surface area (Å²) in [6.45, 7) is 2.80. The number of aromatic nitrogens is 2. The molecule has 0 bridgehead atoms. The predicted octanol–water partition coefficient (Wildman–Crippen LogP) is 5.56. The Hall–Kier alpha value is -2.76. The van der Waals surface area contributed by atoms with Gasteiger partial charge in [0.05, 0.1) is 18.3 Å². The van der Waals surface area contributed by atoms with Crippen molar-refractivity contribution in [3.05, 3.63) is 35.4 Å². The van der Waals surface area contributed by atoms with Crippen molar-refractivity contribution in [1.29, 1.82) is 0 Å². The van der Waals surface area contributed by atoms with Gasteiger partial charge in [0.2, 0.25) is 0 Å². The Kier molecular flexibility index (Phi) is 9.22. The van der Waals surface area contributed by atoms with Gasteiger partial charge in [-0.25, -0.2) is 9.97 Å². The molecule has 1 aliphatic heterocycles. The number of furan rings is 1. The number of anilines is 1. The summed E-state index contributed by atoms with van der Waals surface area (Å²) in [5, 5.41) is -0.00456. The van der Waals surface area contributed by atoms with Crippen LogP contribution in [0.2, 0.25) is 0 Å². The van der Waals surface area contributed by atoms with E-state index in [0.29, 0.717) is 25.1 Å². The van der Waals surface area contributed by atoms with E-state index in [4.69, 9.17) is 9.15 Å². The number of rotatable bonds is 8. The van der Waals surface area contributed by atoms with E-state index in [2.05, 4.69) is 9.97 Å². The van der Waals surface area contributed by atoms with Gasteiger partial charge < -0.3 is 19.0 Å². The molecule has 1 saturated heterocycles. The van der Waals surface area contributed by atoms with Gasteiger partial charge in [-0.3, -0.25) is 9.59 Å². The average molecular weight is 555 g/mol. The molecule has 1 aliphatic carbocycles. The Morgan fingerprint density at radius 1 is 1.16 bits per heavy atom. The first kappa shape index (κ1) is 28.3. The largest absolute Gasteiger partial charge is 0.466 e. The maximum absolute atomic E-state index is 13.6. The molecule has 0 unspecified atom stereocenters. The molecule has 1 saturated carbocycles. The molecule has 4 rings (SSSR count). The molecule has 1 amide bonds. The highest BCUT2D eigenvalue weighted by atomic mass is 32.2. The van der Waals surface area contributed by atoms with Crippen LogP contribution in [0.3, 0.4) is 0 Å². The standard InChI is InChI=1S/C26H33F3N4O4S/c1-3-36-24(35)17-8-7-13-33(15-17)23(34)20-12-11-19(37-20)16-38-25-30-21(26(27,28)29)14-22(31-25)32(2)18-9-5-4-6-10-18/h11-12,14,17-18H,3-10,13,15-16H2,1-2H3/t17-/m1/s1. The van der Waals surface area contributed by atoms with E-state index in [9.17, 15) is 22.8 Å². The Morgan fingerprint density at radius 2 is 1.92 bits per heavy atom. The Balaban J connectivity index is 1.43. The molecule has 3 heterocycles. The molecule has 0 aromatic carbocycles. The minimum atomic E-state index is -4.60. The fraction of sp³-hybridized carbons (Fsp3) is 0.615. The first-order valence-electron chi connectivity index (χ1n) is 13.0. The van der Waals surface area contributed by atoms with Gasteiger partial charge in [0.1, 0.15) is 11.6 Å². The summed E-state index contributed by atoms with van der Waals surface area (Å²) in [5.74, 6) is -0.0617. The van der Waals surface area contributed by atoms with Gasteiger partial charge in [0.25, 0.3) is 5.91 Å². The normalized spacial score (nSPS) is 18.9. The van der Waals surface area contributed by atoms with E-state index in [1.54, 1.807) is 31.0 Å². The molecule has 8 nitrogen and oxygen atoms in total. The molecule has 38 heavy (non-hydrogen) atoms. The zero-order chi connectivity index (χ0) is 27.3. The molecule has 0 spiro atoms. The van der Waals surface area contributed by atoms with E-state index < -0.39 is 11.9 Å². The summed E-state index contributed by atoms with van der Waals surface area (Å²) < 4.78 is 51.6. The smallest absolute Gasteiger partial charge is 0.433 e. The Labute approximate surface area is 224 Å². The molecular formula is C26H33F3N4O4S. The molecule has 0 radical (unpaired) electrons. The van der Waals surface area contributed by atoms with Gasteiger partial charge in [-0.05, 0) is 44.7 Å². The second-order valence-corrected chi connectivity index (χ2v) is 10.6. The Bertz CT molecular complexity index is 1120. The summed E-state index contributed by atoms with van der Waals surface area (Å²) in [4.78, 5) is 36.6. The van der Waals surface area contributed by atoms with Crippen molar-refractivity contribution >= 4 is 29.5 Å². The lowest BCUT2D eigenvalue weighted by Crippen LogP contribution is -2.42. The minimum absolute atomic E-state index is 0.00456. The van der Waals surface area contributed by atoms with Crippen molar-refractivity contribution in [1.82, 2.24) is 14.9 Å². The molecular weight excluding hydrogens is 521 g/mol. The van der Waals surface area contributed by atoms with Gasteiger partial charge in [0, 0.05) is 32.2 Å². The number of hydrogen-bond acceptors (Lipinski definition) is 8. The topological polar surface area (TPSA) is 88.8 Å². The molecule has 2 aliphatic rings. The van der Waals surface area contributed by atoms with Crippen LogP contribution in [0, 0.1) is 5.92 Å². The van der Waals surface area contributed by atoms with Crippen LogP contribution >= 0.6 is 11.8 Å². The fourth-order valence-electron chi connectivity index (χ4n) is 4.93. The first-order chi connectivity index (χ1) is 18.2. The summed E-state index contributed by atoms with van der Waals surface area (Å²) in [6, 6.07) is 4.32. The first-order valence-corrected chi connectivity index (χ1v) is 14.0. The maximum Gasteiger partial charge on any atom is 0.433 e. The lowest BCUT2D eigenvalue weighted by Gasteiger charge is -2.32. The van der Waals surface area contributed by atoms with E-state index in [1.807, 2.05) is 4.90 Å². The number of esters is 1. The van der Waals surface area contributed by atoms with E-state index >= 15 is 0 Å². The number of likely N-dealkylation sites (tertiary alicyclic amines) is 1. The number of amides is 1. The number of ether oxygens (including phenoxy) is 1. The number of nitrogens with zero attached hydrogens (tertiary/aromatic N) is 4. The highest BCUT2D eigenvalue weighted by molar-refractivity contribution is 7.98. The van der Waals surface area contributed by atoms with Gasteiger partial charge in [-0.15, -0.1) is 0 Å². The third kappa shape index (κ3) is 7.00. The van der Waals surface area contributed by atoms with Crippen LogP contribution in [-0.4, -0.2) is 59.5 Å². The van der Waals surface area contributed by atoms with Crippen molar-refractivity contribution in [2.24, 2.45) is 5.92 Å². The SMILES string of the molecule is CCOC(=O)[C@@H]1CCCN(C(=O)c2ccc(CSc3nc(N(C)C4CCCCC4)cc(C(F)(F)F)n3)o2)C1. The van der Waals surface area contributed by atoms with Crippen LogP contribution in [0.1, 0.15) is 73.9 Å². The van der Waals surface area contributed by atoms with Crippen molar-refractivity contribution in [2.75, 3.05) is 31.6 Å². The number of alkyl halides is 3. The number of thioether (sulfide) groups is 1. The van der Waals surface area contributed by atoms with Crippen molar-refractivity contribution in [3.8, 4) is 0 Å². The summed E-state index contributed by atoms with van der Waals surface area (Å²) in [5.41, 5.74) is -0.982. The molecule has 2 fully saturated rings. The summed E-state index contributed by atoms with van der Waals surface area (Å²) in [7, 11) is 1.78. The third-order valence-corrected chi connectivity index (χ3v) is 7.88. The van der Waals surface area contributed by atoms with Crippen LogP contribution < -0.4 is 4.90 Å². The van der Waals surface area contributed by atoms with Crippen LogP contribution in [0.4, 0.5) is 19.0 Å². The van der Waals surface area contributed by atoms with Crippen LogP contribution in [0.5, 0.6) is 0 Å². The average Bonchev–Trinajstić information content (AvgIpc) is 3.40. The summed E-state index contributed by atoms with van der Waals surface area (Å²) >= 11 is 1.02. The number of carbonyl (C=O) groups excluding carboxylic acids is 2. The van der Waals surface area contributed by atoms with E-state index in [1.165, 1.54) is 0 Å². The van der Waals surface area contributed by atoms with E-state index in [0.717, 1.165) is 49.9 Å². The second-order valence-electron chi connectivity index (χ2n) is 9.69.